The monoisotopic (exact) mass is 273 g/mol. The first kappa shape index (κ1) is 14.3. The van der Waals surface area contributed by atoms with Crippen LogP contribution in [0.4, 0.5) is 0 Å². The maximum atomic E-state index is 11.2. The number of hydrogen-bond acceptors (Lipinski definition) is 5. The van der Waals surface area contributed by atoms with Crippen LogP contribution in [0.1, 0.15) is 6.92 Å². The summed E-state index contributed by atoms with van der Waals surface area (Å²) >= 11 is 0. The highest BCUT2D eigenvalue weighted by atomic mass is 32.2. The van der Waals surface area contributed by atoms with E-state index in [-0.39, 0.29) is 6.61 Å². The zero-order chi connectivity index (χ0) is 13.6. The van der Waals surface area contributed by atoms with Gasteiger partial charge in [-0.25, -0.2) is 8.42 Å². The van der Waals surface area contributed by atoms with Gasteiger partial charge in [0.25, 0.3) is 5.91 Å². The van der Waals surface area contributed by atoms with Crippen LogP contribution in [-0.2, 0) is 14.8 Å². The topological polar surface area (TPSA) is 81.7 Å². The molecule has 0 aliphatic heterocycles. The summed E-state index contributed by atoms with van der Waals surface area (Å²) in [5.41, 5.74) is 0. The summed E-state index contributed by atoms with van der Waals surface area (Å²) in [6.07, 6.45) is 0.905. The van der Waals surface area contributed by atoms with Gasteiger partial charge in [0.05, 0.1) is 12.9 Å². The van der Waals surface area contributed by atoms with E-state index in [0.717, 1.165) is 6.26 Å². The first-order valence-electron chi connectivity index (χ1n) is 5.27. The molecule has 1 aromatic carbocycles. The predicted molar refractivity (Wildman–Crippen MR) is 66.1 cm³/mol. The van der Waals surface area contributed by atoms with Crippen molar-refractivity contribution in [3.05, 3.63) is 24.3 Å². The second kappa shape index (κ2) is 6.25. The van der Waals surface area contributed by atoms with Crippen molar-refractivity contribution in [2.24, 2.45) is 0 Å². The Kier molecular flexibility index (Phi) is 4.96. The van der Waals surface area contributed by atoms with Crippen LogP contribution in [-0.4, -0.2) is 33.8 Å². The first-order valence-corrected chi connectivity index (χ1v) is 7.16. The smallest absolute Gasteiger partial charge is 0.271 e. The highest BCUT2D eigenvalue weighted by molar-refractivity contribution is 7.89. The third-order valence-electron chi connectivity index (χ3n) is 1.80. The number of carbonyl (C=O) groups is 1. The van der Waals surface area contributed by atoms with E-state index in [1.807, 2.05) is 6.92 Å². The molecule has 0 bridgehead atoms. The molecule has 100 valence electrons. The minimum absolute atomic E-state index is 0.360. The lowest BCUT2D eigenvalue weighted by Gasteiger charge is -2.07. The van der Waals surface area contributed by atoms with Gasteiger partial charge in [-0.1, -0.05) is 0 Å². The third kappa shape index (κ3) is 5.53. The Morgan fingerprint density at radius 1 is 1.17 bits per heavy atom. The quantitative estimate of drug-likeness (QED) is 0.818. The molecule has 0 aromatic heterocycles. The lowest BCUT2D eigenvalue weighted by molar-refractivity contribution is -0.121. The summed E-state index contributed by atoms with van der Waals surface area (Å²) in [5, 5.41) is 0. The van der Waals surface area contributed by atoms with E-state index >= 15 is 0 Å². The molecule has 1 rings (SSSR count). The molecule has 0 aliphatic carbocycles. The van der Waals surface area contributed by atoms with Gasteiger partial charge >= 0.3 is 0 Å². The Balaban J connectivity index is 2.46. The average Bonchev–Trinajstić information content (AvgIpc) is 2.26. The molecule has 0 aliphatic rings. The standard InChI is InChI=1S/C11H15NO5S/c1-3-16-9-4-6-10(7-5-9)17-8-11(13)12-18(2,14)15/h4-7H,3,8H2,1-2H3,(H,12,13). The summed E-state index contributed by atoms with van der Waals surface area (Å²) < 4.78 is 33.7. The van der Waals surface area contributed by atoms with E-state index in [2.05, 4.69) is 0 Å². The summed E-state index contributed by atoms with van der Waals surface area (Å²) in [7, 11) is -3.54. The second-order valence-electron chi connectivity index (χ2n) is 3.49. The Labute approximate surface area is 106 Å². The molecule has 7 heteroatoms. The van der Waals surface area contributed by atoms with Crippen molar-refractivity contribution in [2.75, 3.05) is 19.5 Å². The fraction of sp³-hybridized carbons (Fsp3) is 0.364. The average molecular weight is 273 g/mol. The van der Waals surface area contributed by atoms with E-state index in [1.165, 1.54) is 0 Å². The number of rotatable bonds is 6. The maximum absolute atomic E-state index is 11.2. The number of sulfonamides is 1. The Hall–Kier alpha value is -1.76. The first-order chi connectivity index (χ1) is 8.40. The van der Waals surface area contributed by atoms with Gasteiger partial charge in [0.1, 0.15) is 11.5 Å². The largest absolute Gasteiger partial charge is 0.494 e. The molecular weight excluding hydrogens is 258 g/mol. The highest BCUT2D eigenvalue weighted by Gasteiger charge is 2.08. The molecule has 0 saturated heterocycles. The predicted octanol–water partition coefficient (Wildman–Crippen LogP) is 0.540. The molecule has 0 heterocycles. The molecule has 18 heavy (non-hydrogen) atoms. The molecule has 1 aromatic rings. The molecule has 0 radical (unpaired) electrons. The van der Waals surface area contributed by atoms with Crippen molar-refractivity contribution in [3.63, 3.8) is 0 Å². The van der Waals surface area contributed by atoms with Crippen LogP contribution in [0.2, 0.25) is 0 Å². The van der Waals surface area contributed by atoms with Crippen molar-refractivity contribution >= 4 is 15.9 Å². The summed E-state index contributed by atoms with van der Waals surface area (Å²) in [6.45, 7) is 2.08. The van der Waals surface area contributed by atoms with Gasteiger partial charge < -0.3 is 9.47 Å². The summed E-state index contributed by atoms with van der Waals surface area (Å²) in [6, 6.07) is 6.68. The van der Waals surface area contributed by atoms with Crippen molar-refractivity contribution < 1.29 is 22.7 Å². The normalized spacial score (nSPS) is 10.8. The number of amides is 1. The number of ether oxygens (including phenoxy) is 2. The molecule has 0 saturated carbocycles. The van der Waals surface area contributed by atoms with E-state index in [1.54, 1.807) is 29.0 Å². The van der Waals surface area contributed by atoms with Crippen LogP contribution in [0.5, 0.6) is 11.5 Å². The van der Waals surface area contributed by atoms with Crippen LogP contribution in [0.3, 0.4) is 0 Å². The van der Waals surface area contributed by atoms with E-state index in [9.17, 15) is 13.2 Å². The van der Waals surface area contributed by atoms with Crippen molar-refractivity contribution in [3.8, 4) is 11.5 Å². The highest BCUT2D eigenvalue weighted by Crippen LogP contribution is 2.17. The third-order valence-corrected chi connectivity index (χ3v) is 2.40. The van der Waals surface area contributed by atoms with Crippen LogP contribution in [0.15, 0.2) is 24.3 Å². The lowest BCUT2D eigenvalue weighted by atomic mass is 10.3. The van der Waals surface area contributed by atoms with E-state index < -0.39 is 15.9 Å². The zero-order valence-corrected chi connectivity index (χ0v) is 11.0. The van der Waals surface area contributed by atoms with Gasteiger partial charge in [-0.2, -0.15) is 0 Å². The number of carbonyl (C=O) groups excluding carboxylic acids is 1. The SMILES string of the molecule is CCOc1ccc(OCC(=O)NS(C)(=O)=O)cc1. The molecule has 6 nitrogen and oxygen atoms in total. The second-order valence-corrected chi connectivity index (χ2v) is 5.24. The Bertz CT molecular complexity index is 495. The fourth-order valence-corrected chi connectivity index (χ4v) is 1.66. The van der Waals surface area contributed by atoms with Gasteiger partial charge in [0.2, 0.25) is 10.0 Å². The van der Waals surface area contributed by atoms with Gasteiger partial charge in [0.15, 0.2) is 6.61 Å². The Morgan fingerprint density at radius 2 is 1.67 bits per heavy atom. The van der Waals surface area contributed by atoms with Crippen molar-refractivity contribution in [1.29, 1.82) is 0 Å². The minimum Gasteiger partial charge on any atom is -0.494 e. The van der Waals surface area contributed by atoms with Crippen LogP contribution in [0.25, 0.3) is 0 Å². The van der Waals surface area contributed by atoms with Gasteiger partial charge in [-0.3, -0.25) is 9.52 Å². The summed E-state index contributed by atoms with van der Waals surface area (Å²) in [5.74, 6) is 0.443. The van der Waals surface area contributed by atoms with Gasteiger partial charge in [-0.05, 0) is 31.2 Å². The fourth-order valence-electron chi connectivity index (χ4n) is 1.18. The van der Waals surface area contributed by atoms with Crippen LogP contribution in [0, 0.1) is 0 Å². The number of benzene rings is 1. The molecule has 0 unspecified atom stereocenters. The summed E-state index contributed by atoms with van der Waals surface area (Å²) in [4.78, 5) is 11.2. The molecule has 1 N–H and O–H groups in total. The van der Waals surface area contributed by atoms with E-state index in [4.69, 9.17) is 9.47 Å². The van der Waals surface area contributed by atoms with Crippen molar-refractivity contribution in [2.45, 2.75) is 6.92 Å². The molecule has 0 fully saturated rings. The van der Waals surface area contributed by atoms with Crippen molar-refractivity contribution in [1.82, 2.24) is 4.72 Å². The van der Waals surface area contributed by atoms with Gasteiger partial charge in [0, 0.05) is 0 Å². The maximum Gasteiger partial charge on any atom is 0.271 e. The minimum atomic E-state index is -3.54. The van der Waals surface area contributed by atoms with E-state index in [0.29, 0.717) is 18.1 Å². The Morgan fingerprint density at radius 3 is 2.11 bits per heavy atom. The molecule has 0 spiro atoms. The molecule has 1 amide bonds. The zero-order valence-electron chi connectivity index (χ0n) is 10.2. The molecular formula is C11H15NO5S. The van der Waals surface area contributed by atoms with Gasteiger partial charge in [-0.15, -0.1) is 0 Å². The molecule has 0 atom stereocenters. The van der Waals surface area contributed by atoms with Crippen LogP contribution < -0.4 is 14.2 Å². The number of nitrogens with one attached hydrogen (secondary N) is 1. The lowest BCUT2D eigenvalue weighted by Crippen LogP contribution is -2.33. The number of hydrogen-bond donors (Lipinski definition) is 1. The van der Waals surface area contributed by atoms with Crippen LogP contribution >= 0.6 is 0 Å².